The van der Waals surface area contributed by atoms with Gasteiger partial charge in [-0.1, -0.05) is 24.8 Å². The zero-order valence-electron chi connectivity index (χ0n) is 9.08. The Morgan fingerprint density at radius 3 is 2.80 bits per heavy atom. The second-order valence-electron chi connectivity index (χ2n) is 3.79. The molecule has 15 heavy (non-hydrogen) atoms. The molecule has 82 valence electrons. The van der Waals surface area contributed by atoms with Crippen molar-refractivity contribution < 1.29 is 9.53 Å². The second-order valence-corrected chi connectivity index (χ2v) is 3.79. The van der Waals surface area contributed by atoms with Gasteiger partial charge >= 0.3 is 5.97 Å². The van der Waals surface area contributed by atoms with E-state index in [0.717, 1.165) is 25.7 Å². The normalized spacial score (nSPS) is 20.9. The van der Waals surface area contributed by atoms with Crippen LogP contribution < -0.4 is 0 Å². The molecule has 1 fully saturated rings. The maximum atomic E-state index is 11.2. The molecule has 2 nitrogen and oxygen atoms in total. The van der Waals surface area contributed by atoms with Gasteiger partial charge in [-0.05, 0) is 25.7 Å². The van der Waals surface area contributed by atoms with E-state index in [9.17, 15) is 4.79 Å². The summed E-state index contributed by atoms with van der Waals surface area (Å²) in [6, 6.07) is 0. The van der Waals surface area contributed by atoms with Crippen LogP contribution >= 0.6 is 0 Å². The predicted molar refractivity (Wildman–Crippen MR) is 61.1 cm³/mol. The third kappa shape index (κ3) is 4.15. The van der Waals surface area contributed by atoms with E-state index in [0.29, 0.717) is 12.2 Å². The van der Waals surface area contributed by atoms with Gasteiger partial charge in [0.15, 0.2) is 0 Å². The van der Waals surface area contributed by atoms with Crippen LogP contribution in [0.1, 0.15) is 32.1 Å². The van der Waals surface area contributed by atoms with Crippen LogP contribution in [0.25, 0.3) is 0 Å². The molecule has 0 aromatic carbocycles. The maximum absolute atomic E-state index is 11.2. The maximum Gasteiger partial charge on any atom is 0.314 e. The van der Waals surface area contributed by atoms with Crippen LogP contribution in [0.3, 0.4) is 0 Å². The van der Waals surface area contributed by atoms with Crippen molar-refractivity contribution in [2.75, 3.05) is 0 Å². The second kappa shape index (κ2) is 6.23. The lowest BCUT2D eigenvalue weighted by molar-refractivity contribution is -0.138. The van der Waals surface area contributed by atoms with Gasteiger partial charge in [0.05, 0.1) is 5.92 Å². The highest BCUT2D eigenvalue weighted by Gasteiger charge is 2.28. The molecule has 1 unspecified atom stereocenters. The number of hydrogen-bond donors (Lipinski definition) is 0. The number of unbranched alkanes of at least 4 members (excludes halogenated alkanes) is 2. The molecule has 1 heterocycles. The molecule has 0 bridgehead atoms. The summed E-state index contributed by atoms with van der Waals surface area (Å²) in [6.07, 6.45) is 10.8. The number of cyclic esters (lactones) is 1. The third-order valence-electron chi connectivity index (χ3n) is 2.42. The molecule has 0 N–H and O–H groups in total. The van der Waals surface area contributed by atoms with E-state index in [2.05, 4.69) is 25.3 Å². The molecule has 0 aliphatic carbocycles. The lowest BCUT2D eigenvalue weighted by Crippen LogP contribution is -2.05. The van der Waals surface area contributed by atoms with Crippen LogP contribution in [0.5, 0.6) is 0 Å². The van der Waals surface area contributed by atoms with E-state index < -0.39 is 0 Å². The number of rotatable bonds is 6. The van der Waals surface area contributed by atoms with Gasteiger partial charge in [0.2, 0.25) is 0 Å². The molecule has 1 aliphatic rings. The summed E-state index contributed by atoms with van der Waals surface area (Å²) in [5.74, 6) is 0.467. The standard InChI is InChI=1S/C13H18O2/c1-3-4-5-6-7-8-9-12-10-11(2)15-13(12)14/h3,7-8,12H,1-2,4-6,9-10H2/b8-7+. The minimum Gasteiger partial charge on any atom is -0.431 e. The molecule has 0 aromatic rings. The fourth-order valence-electron chi connectivity index (χ4n) is 1.56. The molecular formula is C13H18O2. The largest absolute Gasteiger partial charge is 0.431 e. The molecule has 0 spiro atoms. The van der Waals surface area contributed by atoms with Crippen molar-refractivity contribution in [3.8, 4) is 0 Å². The lowest BCUT2D eigenvalue weighted by Gasteiger charge is -1.98. The van der Waals surface area contributed by atoms with Gasteiger partial charge < -0.3 is 4.74 Å². The number of allylic oxidation sites excluding steroid dienone is 4. The monoisotopic (exact) mass is 206 g/mol. The van der Waals surface area contributed by atoms with Crippen molar-refractivity contribution >= 4 is 5.97 Å². The average molecular weight is 206 g/mol. The van der Waals surface area contributed by atoms with Gasteiger partial charge in [0.1, 0.15) is 5.76 Å². The van der Waals surface area contributed by atoms with E-state index in [4.69, 9.17) is 4.74 Å². The molecule has 0 amide bonds. The summed E-state index contributed by atoms with van der Waals surface area (Å²) >= 11 is 0. The molecule has 1 aliphatic heterocycles. The van der Waals surface area contributed by atoms with Gasteiger partial charge in [-0.25, -0.2) is 0 Å². The quantitative estimate of drug-likeness (QED) is 0.378. The number of carbonyl (C=O) groups is 1. The Labute approximate surface area is 91.3 Å². The van der Waals surface area contributed by atoms with E-state index >= 15 is 0 Å². The van der Waals surface area contributed by atoms with Crippen molar-refractivity contribution in [2.45, 2.75) is 32.1 Å². The first-order chi connectivity index (χ1) is 7.24. The smallest absolute Gasteiger partial charge is 0.314 e. The Hall–Kier alpha value is -1.31. The molecule has 0 radical (unpaired) electrons. The predicted octanol–water partition coefficient (Wildman–Crippen LogP) is 3.37. The van der Waals surface area contributed by atoms with Gasteiger partial charge in [-0.2, -0.15) is 0 Å². The average Bonchev–Trinajstić information content (AvgIpc) is 2.51. The summed E-state index contributed by atoms with van der Waals surface area (Å²) < 4.78 is 4.89. The summed E-state index contributed by atoms with van der Waals surface area (Å²) in [7, 11) is 0. The van der Waals surface area contributed by atoms with Gasteiger partial charge in [0, 0.05) is 6.42 Å². The molecule has 0 saturated carbocycles. The number of carbonyl (C=O) groups excluding carboxylic acids is 1. The van der Waals surface area contributed by atoms with Crippen LogP contribution in [0, 0.1) is 5.92 Å². The van der Waals surface area contributed by atoms with Crippen LogP contribution in [-0.2, 0) is 9.53 Å². The van der Waals surface area contributed by atoms with Crippen molar-refractivity contribution in [1.82, 2.24) is 0 Å². The van der Waals surface area contributed by atoms with Crippen molar-refractivity contribution in [3.63, 3.8) is 0 Å². The van der Waals surface area contributed by atoms with E-state index in [1.807, 2.05) is 6.08 Å². The van der Waals surface area contributed by atoms with Crippen molar-refractivity contribution in [2.24, 2.45) is 5.92 Å². The minimum absolute atomic E-state index is 0.00634. The first kappa shape index (κ1) is 11.8. The van der Waals surface area contributed by atoms with E-state index in [-0.39, 0.29) is 11.9 Å². The molecule has 1 atom stereocenters. The lowest BCUT2D eigenvalue weighted by atomic mass is 10.0. The van der Waals surface area contributed by atoms with Crippen molar-refractivity contribution in [1.29, 1.82) is 0 Å². The van der Waals surface area contributed by atoms with Crippen LogP contribution in [-0.4, -0.2) is 5.97 Å². The molecule has 0 aromatic heterocycles. The Morgan fingerprint density at radius 2 is 2.20 bits per heavy atom. The molecule has 1 saturated heterocycles. The first-order valence-electron chi connectivity index (χ1n) is 5.39. The Morgan fingerprint density at radius 1 is 1.40 bits per heavy atom. The topological polar surface area (TPSA) is 26.3 Å². The highest BCUT2D eigenvalue weighted by molar-refractivity contribution is 5.76. The highest BCUT2D eigenvalue weighted by atomic mass is 16.5. The van der Waals surface area contributed by atoms with Crippen LogP contribution in [0.4, 0.5) is 0 Å². The Kier molecular flexibility index (Phi) is 4.88. The minimum atomic E-state index is -0.129. The first-order valence-corrected chi connectivity index (χ1v) is 5.39. The fourth-order valence-corrected chi connectivity index (χ4v) is 1.56. The van der Waals surface area contributed by atoms with E-state index in [1.54, 1.807) is 0 Å². The zero-order chi connectivity index (χ0) is 11.1. The fraction of sp³-hybridized carbons (Fsp3) is 0.462. The Balaban J connectivity index is 2.16. The number of esters is 1. The third-order valence-corrected chi connectivity index (χ3v) is 2.42. The molecule has 1 rings (SSSR count). The zero-order valence-corrected chi connectivity index (χ0v) is 9.08. The van der Waals surface area contributed by atoms with Gasteiger partial charge in [-0.15, -0.1) is 6.58 Å². The van der Waals surface area contributed by atoms with Crippen LogP contribution in [0.15, 0.2) is 37.1 Å². The van der Waals surface area contributed by atoms with Crippen LogP contribution in [0.2, 0.25) is 0 Å². The van der Waals surface area contributed by atoms with Crippen molar-refractivity contribution in [3.05, 3.63) is 37.1 Å². The number of hydrogen-bond acceptors (Lipinski definition) is 2. The van der Waals surface area contributed by atoms with Gasteiger partial charge in [0.25, 0.3) is 0 Å². The van der Waals surface area contributed by atoms with E-state index in [1.165, 1.54) is 0 Å². The molecular weight excluding hydrogens is 188 g/mol. The highest BCUT2D eigenvalue weighted by Crippen LogP contribution is 2.25. The number of ether oxygens (including phenoxy) is 1. The summed E-state index contributed by atoms with van der Waals surface area (Å²) in [4.78, 5) is 11.2. The SMILES string of the molecule is C=CCCC/C=C/CC1CC(=C)OC1=O. The summed E-state index contributed by atoms with van der Waals surface area (Å²) in [5.41, 5.74) is 0. The summed E-state index contributed by atoms with van der Waals surface area (Å²) in [6.45, 7) is 7.31. The Bertz CT molecular complexity index is 276. The molecule has 2 heteroatoms. The van der Waals surface area contributed by atoms with Gasteiger partial charge in [-0.3, -0.25) is 4.79 Å². The summed E-state index contributed by atoms with van der Waals surface area (Å²) in [5, 5.41) is 0.